The summed E-state index contributed by atoms with van der Waals surface area (Å²) in [6.45, 7) is 2.38. The second-order valence-corrected chi connectivity index (χ2v) is 6.30. The molecule has 2 aromatic rings. The van der Waals surface area contributed by atoms with Crippen LogP contribution in [0.15, 0.2) is 34.8 Å². The highest BCUT2D eigenvalue weighted by Crippen LogP contribution is 2.29. The van der Waals surface area contributed by atoms with Gasteiger partial charge in [-0.15, -0.1) is 0 Å². The number of fused-ring (bicyclic) bond motifs is 1. The van der Waals surface area contributed by atoms with Crippen molar-refractivity contribution in [2.45, 2.75) is 25.3 Å². The van der Waals surface area contributed by atoms with Gasteiger partial charge < -0.3 is 14.1 Å². The van der Waals surface area contributed by atoms with E-state index in [4.69, 9.17) is 9.15 Å². The van der Waals surface area contributed by atoms with Crippen LogP contribution in [0, 0.1) is 5.92 Å². The van der Waals surface area contributed by atoms with Gasteiger partial charge in [0.15, 0.2) is 5.58 Å². The molecule has 2 aliphatic rings. The summed E-state index contributed by atoms with van der Waals surface area (Å²) in [7, 11) is 0. The average Bonchev–Trinajstić information content (AvgIpc) is 3.11. The van der Waals surface area contributed by atoms with Gasteiger partial charge in [-0.2, -0.15) is 0 Å². The zero-order valence-electron chi connectivity index (χ0n) is 13.0. The van der Waals surface area contributed by atoms with E-state index >= 15 is 0 Å². The van der Waals surface area contributed by atoms with Crippen molar-refractivity contribution in [3.63, 3.8) is 0 Å². The van der Waals surface area contributed by atoms with Crippen molar-refractivity contribution in [1.29, 1.82) is 0 Å². The first kappa shape index (κ1) is 14.5. The fourth-order valence-corrected chi connectivity index (χ4v) is 3.01. The third-order valence-corrected chi connectivity index (χ3v) is 4.43. The zero-order chi connectivity index (χ0) is 15.6. The lowest BCUT2D eigenvalue weighted by Gasteiger charge is -2.23. The monoisotopic (exact) mass is 312 g/mol. The Morgan fingerprint density at radius 2 is 2.17 bits per heavy atom. The van der Waals surface area contributed by atoms with Crippen molar-refractivity contribution in [1.82, 2.24) is 9.88 Å². The fourth-order valence-electron chi connectivity index (χ4n) is 3.01. The molecule has 120 valence electrons. The first-order chi connectivity index (χ1) is 11.3. The predicted octanol–water partition coefficient (Wildman–Crippen LogP) is 2.87. The Kier molecular flexibility index (Phi) is 3.87. The molecule has 1 aromatic heterocycles. The lowest BCUT2D eigenvalue weighted by atomic mass is 10.1. The van der Waals surface area contributed by atoms with Gasteiger partial charge in [-0.1, -0.05) is 12.1 Å². The number of benzene rings is 1. The Morgan fingerprint density at radius 1 is 1.30 bits per heavy atom. The molecule has 0 radical (unpaired) electrons. The van der Waals surface area contributed by atoms with Crippen LogP contribution in [-0.2, 0) is 9.53 Å². The topological polar surface area (TPSA) is 55.6 Å². The van der Waals surface area contributed by atoms with Crippen molar-refractivity contribution in [3.8, 4) is 0 Å². The number of para-hydroxylation sites is 2. The van der Waals surface area contributed by atoms with E-state index in [1.165, 1.54) is 0 Å². The molecule has 1 aromatic carbocycles. The van der Waals surface area contributed by atoms with Gasteiger partial charge in [-0.05, 0) is 31.4 Å². The van der Waals surface area contributed by atoms with E-state index < -0.39 is 0 Å². The summed E-state index contributed by atoms with van der Waals surface area (Å²) in [5, 5.41) is 0. The quantitative estimate of drug-likeness (QED) is 0.797. The lowest BCUT2D eigenvalue weighted by Crippen LogP contribution is -2.36. The van der Waals surface area contributed by atoms with Crippen molar-refractivity contribution >= 4 is 23.1 Å². The van der Waals surface area contributed by atoms with E-state index in [2.05, 4.69) is 4.98 Å². The van der Waals surface area contributed by atoms with Gasteiger partial charge in [-0.3, -0.25) is 4.79 Å². The van der Waals surface area contributed by atoms with Crippen LogP contribution in [0.25, 0.3) is 17.2 Å². The van der Waals surface area contributed by atoms with Crippen molar-refractivity contribution < 1.29 is 13.9 Å². The fraction of sp³-hybridized carbons (Fsp3) is 0.444. The summed E-state index contributed by atoms with van der Waals surface area (Å²) in [6.07, 6.45) is 6.51. The maximum Gasteiger partial charge on any atom is 0.247 e. The molecule has 1 unspecified atom stereocenters. The molecular formula is C18H20N2O3. The molecule has 2 heterocycles. The molecule has 23 heavy (non-hydrogen) atoms. The normalized spacial score (nSPS) is 21.3. The minimum Gasteiger partial charge on any atom is -0.437 e. The van der Waals surface area contributed by atoms with E-state index in [9.17, 15) is 4.79 Å². The molecule has 1 aliphatic carbocycles. The summed E-state index contributed by atoms with van der Waals surface area (Å²) in [5.41, 5.74) is 1.54. The van der Waals surface area contributed by atoms with E-state index in [1.807, 2.05) is 29.2 Å². The van der Waals surface area contributed by atoms with Gasteiger partial charge in [0.05, 0.1) is 6.61 Å². The molecule has 1 saturated carbocycles. The van der Waals surface area contributed by atoms with E-state index in [1.54, 1.807) is 12.2 Å². The maximum absolute atomic E-state index is 12.5. The van der Waals surface area contributed by atoms with Gasteiger partial charge in [0.2, 0.25) is 11.8 Å². The summed E-state index contributed by atoms with van der Waals surface area (Å²) < 4.78 is 11.0. The minimum atomic E-state index is 0.0432. The molecular weight excluding hydrogens is 292 g/mol. The number of rotatable bonds is 5. The van der Waals surface area contributed by atoms with Gasteiger partial charge in [0, 0.05) is 37.3 Å². The first-order valence-electron chi connectivity index (χ1n) is 8.21. The van der Waals surface area contributed by atoms with Crippen molar-refractivity contribution in [2.75, 3.05) is 19.8 Å². The van der Waals surface area contributed by atoms with Crippen LogP contribution < -0.4 is 0 Å². The summed E-state index contributed by atoms with van der Waals surface area (Å²) >= 11 is 0. The van der Waals surface area contributed by atoms with Crippen LogP contribution in [0.2, 0.25) is 0 Å². The molecule has 0 spiro atoms. The Labute approximate surface area is 134 Å². The number of nitrogens with zero attached hydrogens (tertiary/aromatic N) is 2. The van der Waals surface area contributed by atoms with Crippen LogP contribution in [-0.4, -0.2) is 41.6 Å². The maximum atomic E-state index is 12.5. The minimum absolute atomic E-state index is 0.0432. The molecule has 0 bridgehead atoms. The molecule has 0 N–H and O–H groups in total. The number of hydrogen-bond donors (Lipinski definition) is 0. The largest absolute Gasteiger partial charge is 0.437 e. The Bertz CT molecular complexity index is 694. The number of carbonyl (C=O) groups is 1. The predicted molar refractivity (Wildman–Crippen MR) is 86.7 cm³/mol. The van der Waals surface area contributed by atoms with E-state index in [-0.39, 0.29) is 5.91 Å². The molecule has 4 rings (SSSR count). The summed E-state index contributed by atoms with van der Waals surface area (Å²) in [6, 6.07) is 8.00. The number of oxazole rings is 1. The molecule has 5 nitrogen and oxygen atoms in total. The lowest BCUT2D eigenvalue weighted by molar-refractivity contribution is -0.127. The van der Waals surface area contributed by atoms with E-state index in [0.29, 0.717) is 17.9 Å². The van der Waals surface area contributed by atoms with Gasteiger partial charge in [-0.25, -0.2) is 4.98 Å². The van der Waals surface area contributed by atoms with Crippen molar-refractivity contribution in [2.24, 2.45) is 5.92 Å². The Morgan fingerprint density at radius 3 is 2.91 bits per heavy atom. The molecule has 1 aliphatic heterocycles. The standard InChI is InChI=1S/C18H20N2O3/c21-18(20(14-5-6-14)11-13-9-10-22-12-13)8-7-17-19-15-3-1-2-4-16(15)23-17/h1-4,7-8,13-14H,5-6,9-12H2/b8-7+. The number of aromatic nitrogens is 1. The number of ether oxygens (including phenoxy) is 1. The third-order valence-electron chi connectivity index (χ3n) is 4.43. The smallest absolute Gasteiger partial charge is 0.247 e. The molecule has 1 atom stereocenters. The number of hydrogen-bond acceptors (Lipinski definition) is 4. The Hall–Kier alpha value is -2.14. The van der Waals surface area contributed by atoms with Crippen LogP contribution in [0.3, 0.4) is 0 Å². The SMILES string of the molecule is O=C(/C=C/c1nc2ccccc2o1)N(CC1CCOC1)C1CC1. The van der Waals surface area contributed by atoms with Gasteiger partial charge in [0.1, 0.15) is 5.52 Å². The second kappa shape index (κ2) is 6.16. The highest BCUT2D eigenvalue weighted by molar-refractivity contribution is 5.92. The van der Waals surface area contributed by atoms with Gasteiger partial charge >= 0.3 is 0 Å². The van der Waals surface area contributed by atoms with Crippen LogP contribution in [0.4, 0.5) is 0 Å². The number of amides is 1. The highest BCUT2D eigenvalue weighted by Gasteiger charge is 2.33. The van der Waals surface area contributed by atoms with Crippen LogP contribution in [0.5, 0.6) is 0 Å². The molecule has 5 heteroatoms. The summed E-state index contributed by atoms with van der Waals surface area (Å²) in [5.74, 6) is 0.985. The van der Waals surface area contributed by atoms with Crippen molar-refractivity contribution in [3.05, 3.63) is 36.2 Å². The average molecular weight is 312 g/mol. The molecule has 2 fully saturated rings. The molecule has 1 amide bonds. The number of carbonyl (C=O) groups excluding carboxylic acids is 1. The summed E-state index contributed by atoms with van der Waals surface area (Å²) in [4.78, 5) is 18.9. The Balaban J connectivity index is 1.45. The highest BCUT2D eigenvalue weighted by atomic mass is 16.5. The third kappa shape index (κ3) is 3.29. The van der Waals surface area contributed by atoms with Crippen LogP contribution >= 0.6 is 0 Å². The van der Waals surface area contributed by atoms with Gasteiger partial charge in [0.25, 0.3) is 0 Å². The second-order valence-electron chi connectivity index (χ2n) is 6.30. The zero-order valence-corrected chi connectivity index (χ0v) is 13.0. The molecule has 1 saturated heterocycles. The van der Waals surface area contributed by atoms with Crippen LogP contribution in [0.1, 0.15) is 25.2 Å². The van der Waals surface area contributed by atoms with E-state index in [0.717, 1.165) is 50.1 Å². The first-order valence-corrected chi connectivity index (χ1v) is 8.21.